The highest BCUT2D eigenvalue weighted by Gasteiger charge is 2.14. The Morgan fingerprint density at radius 3 is 2.56 bits per heavy atom. The van der Waals surface area contributed by atoms with Crippen LogP contribution in [0.3, 0.4) is 0 Å². The van der Waals surface area contributed by atoms with E-state index in [0.717, 1.165) is 11.3 Å². The second-order valence-corrected chi connectivity index (χ2v) is 5.37. The van der Waals surface area contributed by atoms with Gasteiger partial charge in [0.25, 0.3) is 5.91 Å². The molecule has 0 heterocycles. The van der Waals surface area contributed by atoms with Gasteiger partial charge in [0.05, 0.1) is 23.7 Å². The quantitative estimate of drug-likeness (QED) is 0.599. The summed E-state index contributed by atoms with van der Waals surface area (Å²) in [7, 11) is 0. The number of carbonyl (C=O) groups excluding carboxylic acids is 2. The molecule has 0 radical (unpaired) electrons. The Balaban J connectivity index is 1.99. The van der Waals surface area contributed by atoms with Gasteiger partial charge in [-0.2, -0.15) is 5.26 Å². The highest BCUT2D eigenvalue weighted by Crippen LogP contribution is 2.21. The molecule has 0 bridgehead atoms. The number of carbonyl (C=O) groups is 2. The summed E-state index contributed by atoms with van der Waals surface area (Å²) in [4.78, 5) is 23.8. The van der Waals surface area contributed by atoms with E-state index < -0.39 is 11.9 Å². The average molecular weight is 337 g/mol. The van der Waals surface area contributed by atoms with Crippen LogP contribution in [0, 0.1) is 18.3 Å². The molecule has 0 unspecified atom stereocenters. The standard InChI is InChI=1S/C19H19N3O3/c1-14-7-9-15(10-8-14)22-17-6-3-2-5-16(17)19(24)25-13-18(23)21-12-4-11-20/h2-3,5-10,22H,4,12-13H2,1H3,(H,21,23). The molecule has 25 heavy (non-hydrogen) atoms. The summed E-state index contributed by atoms with van der Waals surface area (Å²) in [6.45, 7) is 1.85. The largest absolute Gasteiger partial charge is 0.452 e. The van der Waals surface area contributed by atoms with E-state index in [2.05, 4.69) is 10.6 Å². The number of benzene rings is 2. The highest BCUT2D eigenvalue weighted by atomic mass is 16.5. The SMILES string of the molecule is Cc1ccc(Nc2ccccc2C(=O)OCC(=O)NCCC#N)cc1. The van der Waals surface area contributed by atoms with Crippen molar-refractivity contribution in [2.45, 2.75) is 13.3 Å². The van der Waals surface area contributed by atoms with Crippen LogP contribution < -0.4 is 10.6 Å². The van der Waals surface area contributed by atoms with E-state index in [0.29, 0.717) is 11.3 Å². The van der Waals surface area contributed by atoms with E-state index >= 15 is 0 Å². The summed E-state index contributed by atoms with van der Waals surface area (Å²) < 4.78 is 5.04. The summed E-state index contributed by atoms with van der Waals surface area (Å²) in [6, 6.07) is 16.6. The third-order valence-electron chi connectivity index (χ3n) is 3.37. The first-order chi connectivity index (χ1) is 12.1. The zero-order valence-corrected chi connectivity index (χ0v) is 13.9. The van der Waals surface area contributed by atoms with Gasteiger partial charge in [-0.3, -0.25) is 4.79 Å². The number of nitrogens with one attached hydrogen (secondary N) is 2. The Morgan fingerprint density at radius 2 is 1.84 bits per heavy atom. The van der Waals surface area contributed by atoms with Crippen LogP contribution in [0.1, 0.15) is 22.3 Å². The Hall–Kier alpha value is -3.33. The number of anilines is 2. The van der Waals surface area contributed by atoms with Gasteiger partial charge in [0.2, 0.25) is 0 Å². The fraction of sp³-hybridized carbons (Fsp3) is 0.211. The van der Waals surface area contributed by atoms with Crippen LogP contribution in [0.4, 0.5) is 11.4 Å². The average Bonchev–Trinajstić information content (AvgIpc) is 2.62. The minimum Gasteiger partial charge on any atom is -0.452 e. The van der Waals surface area contributed by atoms with E-state index in [9.17, 15) is 9.59 Å². The molecule has 0 aliphatic heterocycles. The molecule has 6 heteroatoms. The van der Waals surface area contributed by atoms with Gasteiger partial charge in [0, 0.05) is 12.2 Å². The van der Waals surface area contributed by atoms with Gasteiger partial charge in [-0.25, -0.2) is 4.79 Å². The van der Waals surface area contributed by atoms with Crippen LogP contribution in [0.2, 0.25) is 0 Å². The summed E-state index contributed by atoms with van der Waals surface area (Å²) in [6.07, 6.45) is 0.211. The number of rotatable bonds is 7. The molecule has 6 nitrogen and oxygen atoms in total. The van der Waals surface area contributed by atoms with Crippen LogP contribution in [0.15, 0.2) is 48.5 Å². The van der Waals surface area contributed by atoms with Crippen molar-refractivity contribution in [3.05, 3.63) is 59.7 Å². The highest BCUT2D eigenvalue weighted by molar-refractivity contribution is 5.97. The Labute approximate surface area is 146 Å². The summed E-state index contributed by atoms with van der Waals surface area (Å²) >= 11 is 0. The predicted molar refractivity (Wildman–Crippen MR) is 94.4 cm³/mol. The van der Waals surface area contributed by atoms with Gasteiger partial charge < -0.3 is 15.4 Å². The molecule has 0 atom stereocenters. The van der Waals surface area contributed by atoms with E-state index in [1.165, 1.54) is 0 Å². The molecular formula is C19H19N3O3. The number of ether oxygens (including phenoxy) is 1. The summed E-state index contributed by atoms with van der Waals surface area (Å²) in [5.74, 6) is -1.03. The molecule has 128 valence electrons. The molecule has 1 amide bonds. The molecular weight excluding hydrogens is 318 g/mol. The topological polar surface area (TPSA) is 91.2 Å². The first-order valence-corrected chi connectivity index (χ1v) is 7.83. The molecule has 2 aromatic carbocycles. The zero-order valence-electron chi connectivity index (χ0n) is 13.9. The maximum Gasteiger partial charge on any atom is 0.340 e. The third kappa shape index (κ3) is 5.66. The van der Waals surface area contributed by atoms with E-state index in [4.69, 9.17) is 10.00 Å². The number of esters is 1. The van der Waals surface area contributed by atoms with Crippen molar-refractivity contribution in [1.29, 1.82) is 5.26 Å². The minimum absolute atomic E-state index is 0.211. The van der Waals surface area contributed by atoms with E-state index in [-0.39, 0.29) is 19.6 Å². The molecule has 2 rings (SSSR count). The first kappa shape index (κ1) is 18.0. The van der Waals surface area contributed by atoms with E-state index in [1.54, 1.807) is 18.2 Å². The molecule has 0 saturated carbocycles. The molecule has 0 fully saturated rings. The van der Waals surface area contributed by atoms with Crippen molar-refractivity contribution in [1.82, 2.24) is 5.32 Å². The molecule has 0 aromatic heterocycles. The number of hydrogen-bond acceptors (Lipinski definition) is 5. The fourth-order valence-electron chi connectivity index (χ4n) is 2.08. The maximum absolute atomic E-state index is 12.2. The van der Waals surface area contributed by atoms with Crippen molar-refractivity contribution in [3.8, 4) is 6.07 Å². The monoisotopic (exact) mass is 337 g/mol. The minimum atomic E-state index is -0.592. The Bertz CT molecular complexity index is 779. The summed E-state index contributed by atoms with van der Waals surface area (Å²) in [5, 5.41) is 14.1. The van der Waals surface area contributed by atoms with Gasteiger partial charge in [0.1, 0.15) is 0 Å². The number of hydrogen-bond donors (Lipinski definition) is 2. The second-order valence-electron chi connectivity index (χ2n) is 5.37. The second kappa shape index (κ2) is 9.08. The van der Waals surface area contributed by atoms with Gasteiger partial charge in [-0.15, -0.1) is 0 Å². The lowest BCUT2D eigenvalue weighted by molar-refractivity contribution is -0.124. The van der Waals surface area contributed by atoms with Gasteiger partial charge >= 0.3 is 5.97 Å². The molecule has 0 aliphatic rings. The van der Waals surface area contributed by atoms with Crippen molar-refractivity contribution in [2.75, 3.05) is 18.5 Å². The number of nitriles is 1. The van der Waals surface area contributed by atoms with Crippen molar-refractivity contribution in [2.24, 2.45) is 0 Å². The van der Waals surface area contributed by atoms with Crippen molar-refractivity contribution >= 4 is 23.3 Å². The van der Waals surface area contributed by atoms with Crippen LogP contribution >= 0.6 is 0 Å². The van der Waals surface area contributed by atoms with E-state index in [1.807, 2.05) is 43.3 Å². The molecule has 2 aromatic rings. The van der Waals surface area contributed by atoms with Gasteiger partial charge in [-0.05, 0) is 31.2 Å². The number of amides is 1. The molecule has 0 spiro atoms. The lowest BCUT2D eigenvalue weighted by Gasteiger charge is -2.12. The number of aryl methyl sites for hydroxylation is 1. The zero-order chi connectivity index (χ0) is 18.1. The molecule has 0 aliphatic carbocycles. The van der Waals surface area contributed by atoms with Crippen LogP contribution in [-0.4, -0.2) is 25.0 Å². The van der Waals surface area contributed by atoms with Crippen molar-refractivity contribution < 1.29 is 14.3 Å². The Morgan fingerprint density at radius 1 is 1.12 bits per heavy atom. The summed E-state index contributed by atoms with van der Waals surface area (Å²) in [5.41, 5.74) is 2.93. The smallest absolute Gasteiger partial charge is 0.340 e. The normalized spacial score (nSPS) is 9.76. The van der Waals surface area contributed by atoms with Crippen LogP contribution in [-0.2, 0) is 9.53 Å². The Kier molecular flexibility index (Phi) is 6.55. The van der Waals surface area contributed by atoms with Crippen LogP contribution in [0.5, 0.6) is 0 Å². The first-order valence-electron chi connectivity index (χ1n) is 7.83. The van der Waals surface area contributed by atoms with Gasteiger partial charge in [-0.1, -0.05) is 29.8 Å². The molecule has 2 N–H and O–H groups in total. The third-order valence-corrected chi connectivity index (χ3v) is 3.37. The molecule has 0 saturated heterocycles. The number of para-hydroxylation sites is 1. The number of nitrogens with zero attached hydrogens (tertiary/aromatic N) is 1. The lowest BCUT2D eigenvalue weighted by Crippen LogP contribution is -2.29. The van der Waals surface area contributed by atoms with Gasteiger partial charge in [0.15, 0.2) is 6.61 Å². The predicted octanol–water partition coefficient (Wildman–Crippen LogP) is 2.93. The van der Waals surface area contributed by atoms with Crippen molar-refractivity contribution in [3.63, 3.8) is 0 Å². The fourth-order valence-corrected chi connectivity index (χ4v) is 2.08. The van der Waals surface area contributed by atoms with Crippen LogP contribution in [0.25, 0.3) is 0 Å². The lowest BCUT2D eigenvalue weighted by atomic mass is 10.1. The maximum atomic E-state index is 12.2.